The van der Waals surface area contributed by atoms with E-state index in [0.717, 1.165) is 0 Å². The van der Waals surface area contributed by atoms with Crippen molar-refractivity contribution in [3.63, 3.8) is 0 Å². The minimum Gasteiger partial charge on any atom is -0.388 e. The molecule has 2 unspecified atom stereocenters. The maximum atomic E-state index is 9.91. The molecule has 2 aliphatic rings. The van der Waals surface area contributed by atoms with E-state index in [1.165, 1.54) is 0 Å². The molecule has 0 aromatic rings. The maximum Gasteiger partial charge on any atom is 0.186 e. The summed E-state index contributed by atoms with van der Waals surface area (Å²) in [5, 5.41) is 9.91. The van der Waals surface area contributed by atoms with Gasteiger partial charge in [-0.15, -0.1) is 0 Å². The number of fused-ring (bicyclic) bond motifs is 1. The topological polar surface area (TPSA) is 57.2 Å². The molecule has 2 fully saturated rings. The Kier molecular flexibility index (Phi) is 2.77. The van der Waals surface area contributed by atoms with Crippen molar-refractivity contribution in [3.05, 3.63) is 0 Å². The van der Waals surface area contributed by atoms with Gasteiger partial charge in [0.2, 0.25) is 0 Å². The van der Waals surface area contributed by atoms with Crippen molar-refractivity contribution in [2.24, 2.45) is 0 Å². The monoisotopic (exact) mass is 218 g/mol. The zero-order valence-corrected chi connectivity index (χ0v) is 9.47. The molecule has 2 rings (SSSR count). The Balaban J connectivity index is 2.18. The molecule has 0 aliphatic carbocycles. The Hall–Kier alpha value is -0.200. The van der Waals surface area contributed by atoms with E-state index in [0.29, 0.717) is 0 Å². The van der Waals surface area contributed by atoms with E-state index in [4.69, 9.17) is 18.9 Å². The normalized spacial score (nSPS) is 49.0. The van der Waals surface area contributed by atoms with Crippen LogP contribution >= 0.6 is 0 Å². The quantitative estimate of drug-likeness (QED) is 0.684. The molecular weight excluding hydrogens is 200 g/mol. The summed E-state index contributed by atoms with van der Waals surface area (Å²) in [5.41, 5.74) is 0. The highest BCUT2D eigenvalue weighted by molar-refractivity contribution is 4.94. The molecule has 2 saturated heterocycles. The van der Waals surface area contributed by atoms with E-state index in [1.54, 1.807) is 14.0 Å². The average molecular weight is 218 g/mol. The standard InChI is InChI=1S/C10H18O5/c1-5-6(11)7-8(9(12-4)13-5)15-10(2,3)14-7/h5-9,11H,1-4H3/t5?,6-,7+,8?,9+/m0/s1. The highest BCUT2D eigenvalue weighted by Crippen LogP contribution is 2.37. The molecule has 15 heavy (non-hydrogen) atoms. The second-order valence-electron chi connectivity index (χ2n) is 4.50. The van der Waals surface area contributed by atoms with Crippen molar-refractivity contribution in [2.45, 2.75) is 57.3 Å². The van der Waals surface area contributed by atoms with Crippen molar-refractivity contribution in [1.82, 2.24) is 0 Å². The number of ether oxygens (including phenoxy) is 4. The van der Waals surface area contributed by atoms with E-state index in [9.17, 15) is 5.11 Å². The Bertz CT molecular complexity index is 234. The van der Waals surface area contributed by atoms with E-state index < -0.39 is 18.2 Å². The minimum atomic E-state index is -0.694. The van der Waals surface area contributed by atoms with Gasteiger partial charge in [0.15, 0.2) is 12.1 Å². The molecule has 0 aromatic heterocycles. The number of hydrogen-bond acceptors (Lipinski definition) is 5. The van der Waals surface area contributed by atoms with Crippen LogP contribution in [0, 0.1) is 0 Å². The summed E-state index contributed by atoms with van der Waals surface area (Å²) in [6.07, 6.45) is -2.21. The lowest BCUT2D eigenvalue weighted by Crippen LogP contribution is -2.55. The van der Waals surface area contributed by atoms with Crippen LogP contribution in [0.4, 0.5) is 0 Å². The highest BCUT2D eigenvalue weighted by Gasteiger charge is 2.54. The van der Waals surface area contributed by atoms with Gasteiger partial charge in [-0.1, -0.05) is 0 Å². The first-order valence-corrected chi connectivity index (χ1v) is 5.16. The van der Waals surface area contributed by atoms with Crippen molar-refractivity contribution < 1.29 is 24.1 Å². The van der Waals surface area contributed by atoms with Crippen LogP contribution in [0.5, 0.6) is 0 Å². The first kappa shape index (κ1) is 11.3. The average Bonchev–Trinajstić information content (AvgIpc) is 2.48. The Labute approximate surface area is 89.3 Å². The molecule has 5 nitrogen and oxygen atoms in total. The van der Waals surface area contributed by atoms with Crippen LogP contribution in [0.1, 0.15) is 20.8 Å². The summed E-state index contributed by atoms with van der Waals surface area (Å²) >= 11 is 0. The van der Waals surface area contributed by atoms with Crippen LogP contribution in [0.15, 0.2) is 0 Å². The first-order chi connectivity index (χ1) is 6.94. The first-order valence-electron chi connectivity index (χ1n) is 5.16. The molecule has 2 aliphatic heterocycles. The molecule has 0 bridgehead atoms. The Morgan fingerprint density at radius 2 is 1.80 bits per heavy atom. The third-order valence-corrected chi connectivity index (χ3v) is 2.83. The summed E-state index contributed by atoms with van der Waals surface area (Å²) < 4.78 is 21.9. The zero-order chi connectivity index (χ0) is 11.2. The summed E-state index contributed by atoms with van der Waals surface area (Å²) in [6, 6.07) is 0. The maximum absolute atomic E-state index is 9.91. The Morgan fingerprint density at radius 1 is 1.20 bits per heavy atom. The summed E-state index contributed by atoms with van der Waals surface area (Å²) in [5.74, 6) is -0.694. The van der Waals surface area contributed by atoms with Crippen molar-refractivity contribution in [3.8, 4) is 0 Å². The SMILES string of the molecule is CO[C@@H]1OC(C)[C@H](O)[C@H]2OC(C)(C)OC12. The third kappa shape index (κ3) is 1.90. The fraction of sp³-hybridized carbons (Fsp3) is 1.00. The second kappa shape index (κ2) is 3.68. The lowest BCUT2D eigenvalue weighted by molar-refractivity contribution is -0.262. The lowest BCUT2D eigenvalue weighted by atomic mass is 10.0. The van der Waals surface area contributed by atoms with Gasteiger partial charge in [-0.3, -0.25) is 0 Å². The fourth-order valence-electron chi connectivity index (χ4n) is 2.12. The second-order valence-corrected chi connectivity index (χ2v) is 4.50. The van der Waals surface area contributed by atoms with Crippen LogP contribution in [0.3, 0.4) is 0 Å². The summed E-state index contributed by atoms with van der Waals surface area (Å²) in [7, 11) is 1.56. The van der Waals surface area contributed by atoms with Gasteiger partial charge >= 0.3 is 0 Å². The molecule has 5 atom stereocenters. The molecule has 0 aromatic carbocycles. The van der Waals surface area contributed by atoms with E-state index in [2.05, 4.69) is 0 Å². The van der Waals surface area contributed by atoms with E-state index in [-0.39, 0.29) is 18.3 Å². The lowest BCUT2D eigenvalue weighted by Gasteiger charge is -2.37. The molecule has 1 N–H and O–H groups in total. The number of methoxy groups -OCH3 is 1. The fourth-order valence-corrected chi connectivity index (χ4v) is 2.12. The summed E-state index contributed by atoms with van der Waals surface area (Å²) in [4.78, 5) is 0. The molecule has 2 heterocycles. The van der Waals surface area contributed by atoms with Crippen molar-refractivity contribution in [1.29, 1.82) is 0 Å². The van der Waals surface area contributed by atoms with Crippen LogP contribution in [-0.2, 0) is 18.9 Å². The minimum absolute atomic E-state index is 0.311. The molecule has 0 spiro atoms. The predicted molar refractivity (Wildman–Crippen MR) is 51.2 cm³/mol. The van der Waals surface area contributed by atoms with Gasteiger partial charge < -0.3 is 24.1 Å². The Morgan fingerprint density at radius 3 is 2.40 bits per heavy atom. The van der Waals surface area contributed by atoms with Gasteiger partial charge in [0.25, 0.3) is 0 Å². The highest BCUT2D eigenvalue weighted by atomic mass is 16.8. The van der Waals surface area contributed by atoms with E-state index in [1.807, 2.05) is 13.8 Å². The van der Waals surface area contributed by atoms with Gasteiger partial charge in [0.05, 0.1) is 6.10 Å². The summed E-state index contributed by atoms with van der Waals surface area (Å²) in [6.45, 7) is 5.42. The van der Waals surface area contributed by atoms with Gasteiger partial charge in [-0.25, -0.2) is 0 Å². The molecule has 0 amide bonds. The van der Waals surface area contributed by atoms with Gasteiger partial charge in [-0.2, -0.15) is 0 Å². The largest absolute Gasteiger partial charge is 0.388 e. The molecular formula is C10H18O5. The predicted octanol–water partition coefficient (Wildman–Crippen LogP) is 0.259. The van der Waals surface area contributed by atoms with E-state index >= 15 is 0 Å². The van der Waals surface area contributed by atoms with Crippen molar-refractivity contribution >= 4 is 0 Å². The molecule has 0 radical (unpaired) electrons. The van der Waals surface area contributed by atoms with Crippen LogP contribution < -0.4 is 0 Å². The number of rotatable bonds is 1. The van der Waals surface area contributed by atoms with Crippen LogP contribution in [-0.4, -0.2) is 48.7 Å². The molecule has 0 saturated carbocycles. The zero-order valence-electron chi connectivity index (χ0n) is 9.47. The number of aliphatic hydroxyl groups excluding tert-OH is 1. The smallest absolute Gasteiger partial charge is 0.186 e. The molecule has 5 heteroatoms. The van der Waals surface area contributed by atoms with Crippen LogP contribution in [0.2, 0.25) is 0 Å². The van der Waals surface area contributed by atoms with Gasteiger partial charge in [0, 0.05) is 7.11 Å². The third-order valence-electron chi connectivity index (χ3n) is 2.83. The number of aliphatic hydroxyl groups is 1. The number of hydrogen-bond donors (Lipinski definition) is 1. The van der Waals surface area contributed by atoms with Crippen LogP contribution in [0.25, 0.3) is 0 Å². The van der Waals surface area contributed by atoms with Gasteiger partial charge in [0.1, 0.15) is 18.3 Å². The van der Waals surface area contributed by atoms with Gasteiger partial charge in [-0.05, 0) is 20.8 Å². The molecule has 88 valence electrons. The van der Waals surface area contributed by atoms with Crippen molar-refractivity contribution in [2.75, 3.05) is 7.11 Å².